The minimum Gasteiger partial charge on any atom is -0.387 e. The smallest absolute Gasteiger partial charge is 0.248 e. The maximum Gasteiger partial charge on any atom is 0.248 e. The number of aromatic nitrogens is 2. The van der Waals surface area contributed by atoms with Crippen LogP contribution in [0.25, 0.3) is 5.70 Å². The van der Waals surface area contributed by atoms with Crippen molar-refractivity contribution >= 4 is 23.2 Å². The van der Waals surface area contributed by atoms with Gasteiger partial charge < -0.3 is 11.1 Å². The van der Waals surface area contributed by atoms with Crippen LogP contribution in [0.4, 0.5) is 14.6 Å². The molecule has 2 aliphatic carbocycles. The molecule has 0 saturated heterocycles. The predicted molar refractivity (Wildman–Crippen MR) is 92.1 cm³/mol. The molecule has 4 N–H and O–H groups in total. The minimum atomic E-state index is -2.57. The van der Waals surface area contributed by atoms with Gasteiger partial charge in [-0.05, 0) is 25.7 Å². The minimum absolute atomic E-state index is 0.00495. The molecule has 134 valence electrons. The zero-order valence-corrected chi connectivity index (χ0v) is 13.9. The van der Waals surface area contributed by atoms with E-state index in [0.717, 1.165) is 24.2 Å². The Hall–Kier alpha value is -2.25. The average molecular weight is 348 g/mol. The Bertz CT molecular complexity index is 755. The number of hydrogen-bond donors (Lipinski definition) is 3. The van der Waals surface area contributed by atoms with E-state index in [9.17, 15) is 8.78 Å². The van der Waals surface area contributed by atoms with Crippen LogP contribution in [0.2, 0.25) is 0 Å². The van der Waals surface area contributed by atoms with Gasteiger partial charge in [0.15, 0.2) is 5.82 Å². The number of nitrogens with two attached hydrogens (primary N) is 1. The van der Waals surface area contributed by atoms with E-state index >= 15 is 0 Å². The van der Waals surface area contributed by atoms with Gasteiger partial charge in [0.2, 0.25) is 5.92 Å². The maximum absolute atomic E-state index is 13.4. The SMILES string of the molecule is C=C1NC([C@@H]2CC[C@H]2C(=N)N)=Nc2c1cnn2C1CCC(F)(F)CC1. The molecule has 1 aliphatic heterocycles. The molecule has 3 aliphatic rings. The van der Waals surface area contributed by atoms with Crippen molar-refractivity contribution in [2.45, 2.75) is 50.5 Å². The summed E-state index contributed by atoms with van der Waals surface area (Å²) in [7, 11) is 0. The maximum atomic E-state index is 13.4. The van der Waals surface area contributed by atoms with Crippen LogP contribution in [0.15, 0.2) is 17.8 Å². The molecule has 0 bridgehead atoms. The summed E-state index contributed by atoms with van der Waals surface area (Å²) in [6, 6.07) is -0.0655. The van der Waals surface area contributed by atoms with Crippen molar-refractivity contribution in [2.75, 3.05) is 0 Å². The van der Waals surface area contributed by atoms with Gasteiger partial charge in [-0.1, -0.05) is 6.58 Å². The van der Waals surface area contributed by atoms with Gasteiger partial charge >= 0.3 is 0 Å². The number of alkyl halides is 2. The Labute approximate surface area is 144 Å². The first kappa shape index (κ1) is 16.2. The van der Waals surface area contributed by atoms with Crippen LogP contribution in [-0.4, -0.2) is 27.4 Å². The molecule has 2 fully saturated rings. The summed E-state index contributed by atoms with van der Waals surface area (Å²) in [4.78, 5) is 4.73. The number of fused-ring (bicyclic) bond motifs is 1. The van der Waals surface area contributed by atoms with Crippen molar-refractivity contribution in [3.63, 3.8) is 0 Å². The zero-order valence-electron chi connectivity index (χ0n) is 13.9. The zero-order chi connectivity index (χ0) is 17.8. The lowest BCUT2D eigenvalue weighted by atomic mass is 9.72. The molecule has 25 heavy (non-hydrogen) atoms. The van der Waals surface area contributed by atoms with E-state index in [1.54, 1.807) is 10.9 Å². The third kappa shape index (κ3) is 2.73. The first-order chi connectivity index (χ1) is 11.9. The summed E-state index contributed by atoms with van der Waals surface area (Å²) in [5.74, 6) is -0.855. The number of hydrogen-bond acceptors (Lipinski definition) is 4. The van der Waals surface area contributed by atoms with E-state index < -0.39 is 5.92 Å². The highest BCUT2D eigenvalue weighted by Crippen LogP contribution is 2.43. The van der Waals surface area contributed by atoms with E-state index in [1.807, 2.05) is 0 Å². The first-order valence-corrected chi connectivity index (χ1v) is 8.70. The molecule has 2 saturated carbocycles. The molecule has 0 unspecified atom stereocenters. The molecule has 4 rings (SSSR count). The molecular weight excluding hydrogens is 326 g/mol. The van der Waals surface area contributed by atoms with Gasteiger partial charge in [0.05, 0.1) is 23.6 Å². The van der Waals surface area contributed by atoms with Crippen LogP contribution in [0, 0.1) is 17.2 Å². The van der Waals surface area contributed by atoms with Gasteiger partial charge in [0.25, 0.3) is 0 Å². The molecule has 0 amide bonds. The highest BCUT2D eigenvalue weighted by Gasteiger charge is 2.40. The molecule has 0 radical (unpaired) electrons. The number of aliphatic imine (C=N–C) groups is 1. The van der Waals surface area contributed by atoms with Gasteiger partial charge in [-0.3, -0.25) is 5.41 Å². The Morgan fingerprint density at radius 3 is 2.64 bits per heavy atom. The largest absolute Gasteiger partial charge is 0.387 e. The molecule has 1 aromatic rings. The van der Waals surface area contributed by atoms with E-state index in [4.69, 9.17) is 16.1 Å². The van der Waals surface area contributed by atoms with Crippen molar-refractivity contribution in [1.82, 2.24) is 15.1 Å². The summed E-state index contributed by atoms with van der Waals surface area (Å²) in [6.07, 6.45) is 4.06. The topological polar surface area (TPSA) is 92.1 Å². The molecule has 6 nitrogen and oxygen atoms in total. The Balaban J connectivity index is 1.63. The summed E-state index contributed by atoms with van der Waals surface area (Å²) < 4.78 is 28.7. The number of nitrogens with one attached hydrogen (secondary N) is 2. The number of halogens is 2. The monoisotopic (exact) mass is 348 g/mol. The molecule has 8 heteroatoms. The van der Waals surface area contributed by atoms with E-state index in [-0.39, 0.29) is 36.6 Å². The van der Waals surface area contributed by atoms with Gasteiger partial charge in [0, 0.05) is 30.4 Å². The molecule has 1 aromatic heterocycles. The molecule has 2 atom stereocenters. The Kier molecular flexibility index (Phi) is 3.66. The van der Waals surface area contributed by atoms with Crippen LogP contribution in [0.1, 0.15) is 50.1 Å². The summed E-state index contributed by atoms with van der Waals surface area (Å²) in [6.45, 7) is 4.05. The van der Waals surface area contributed by atoms with E-state index in [0.29, 0.717) is 24.4 Å². The van der Waals surface area contributed by atoms with Crippen LogP contribution in [0.5, 0.6) is 0 Å². The third-order valence-corrected chi connectivity index (χ3v) is 5.66. The van der Waals surface area contributed by atoms with Crippen LogP contribution < -0.4 is 11.1 Å². The number of amidine groups is 2. The highest BCUT2D eigenvalue weighted by molar-refractivity contribution is 6.01. The molecule has 0 aromatic carbocycles. The van der Waals surface area contributed by atoms with Crippen LogP contribution >= 0.6 is 0 Å². The lowest BCUT2D eigenvalue weighted by molar-refractivity contribution is -0.0448. The molecule has 0 spiro atoms. The average Bonchev–Trinajstić information content (AvgIpc) is 2.90. The van der Waals surface area contributed by atoms with Gasteiger partial charge in [-0.25, -0.2) is 18.5 Å². The van der Waals surface area contributed by atoms with E-state index in [1.165, 1.54) is 0 Å². The van der Waals surface area contributed by atoms with Crippen molar-refractivity contribution in [2.24, 2.45) is 22.6 Å². The summed E-state index contributed by atoms with van der Waals surface area (Å²) in [5.41, 5.74) is 7.18. The predicted octanol–water partition coefficient (Wildman–Crippen LogP) is 3.20. The number of rotatable bonds is 3. The summed E-state index contributed by atoms with van der Waals surface area (Å²) >= 11 is 0. The first-order valence-electron chi connectivity index (χ1n) is 8.70. The quantitative estimate of drug-likeness (QED) is 0.578. The van der Waals surface area contributed by atoms with Gasteiger partial charge in [0.1, 0.15) is 5.84 Å². The lowest BCUT2D eigenvalue weighted by Crippen LogP contribution is -2.46. The van der Waals surface area contributed by atoms with Crippen LogP contribution in [0.3, 0.4) is 0 Å². The van der Waals surface area contributed by atoms with Gasteiger partial charge in [-0.2, -0.15) is 5.10 Å². The van der Waals surface area contributed by atoms with Crippen molar-refractivity contribution < 1.29 is 8.78 Å². The normalized spacial score (nSPS) is 28.6. The standard InChI is InChI=1S/C17H22F2N6/c1-9-13-8-22-25(10-4-6-17(18,19)7-5-10)16(13)24-15(23-9)12-3-2-11(12)14(20)21/h8,10-12H,1-7H2,(H3,20,21)(H,23,24)/t11-,12-/m1/s1. The second-order valence-electron chi connectivity index (χ2n) is 7.26. The molecular formula is C17H22F2N6. The Morgan fingerprint density at radius 1 is 1.32 bits per heavy atom. The van der Waals surface area contributed by atoms with Crippen LogP contribution in [-0.2, 0) is 0 Å². The second-order valence-corrected chi connectivity index (χ2v) is 7.26. The molecule has 2 heterocycles. The van der Waals surface area contributed by atoms with Gasteiger partial charge in [-0.15, -0.1) is 0 Å². The van der Waals surface area contributed by atoms with Crippen molar-refractivity contribution in [1.29, 1.82) is 5.41 Å². The highest BCUT2D eigenvalue weighted by atomic mass is 19.3. The fraction of sp³-hybridized carbons (Fsp3) is 0.588. The van der Waals surface area contributed by atoms with Crippen molar-refractivity contribution in [3.8, 4) is 0 Å². The fourth-order valence-electron chi connectivity index (χ4n) is 3.96. The lowest BCUT2D eigenvalue weighted by Gasteiger charge is -2.38. The summed E-state index contributed by atoms with van der Waals surface area (Å²) in [5, 5.41) is 15.3. The van der Waals surface area contributed by atoms with Crippen molar-refractivity contribution in [3.05, 3.63) is 18.3 Å². The Morgan fingerprint density at radius 2 is 2.04 bits per heavy atom. The fourth-order valence-corrected chi connectivity index (χ4v) is 3.96. The second kappa shape index (κ2) is 5.64. The number of nitrogens with zero attached hydrogens (tertiary/aromatic N) is 3. The third-order valence-electron chi connectivity index (χ3n) is 5.66. The van der Waals surface area contributed by atoms with E-state index in [2.05, 4.69) is 17.0 Å².